The van der Waals surface area contributed by atoms with Gasteiger partial charge in [0.05, 0.1) is 22.6 Å². The summed E-state index contributed by atoms with van der Waals surface area (Å²) in [6, 6.07) is 58.0. The van der Waals surface area contributed by atoms with E-state index in [0.717, 1.165) is 77.7 Å². The lowest BCUT2D eigenvalue weighted by Crippen LogP contribution is -1.96. The molecular weight excluding hydrogens is 625 g/mol. The number of rotatable bonds is 5. The molecule has 0 saturated heterocycles. The first kappa shape index (κ1) is 29.0. The van der Waals surface area contributed by atoms with Crippen molar-refractivity contribution in [2.75, 3.05) is 0 Å². The summed E-state index contributed by atoms with van der Waals surface area (Å²) in [5.41, 5.74) is 9.94. The van der Waals surface area contributed by atoms with Crippen LogP contribution in [-0.2, 0) is 0 Å². The SMILES string of the molecule is c1ccc(-c2cc(-c3cccc(-c4nc5c(ccc6c(-c7ccc8ccccc8c7)nc7ccccc7c65)o4)c3)nc(-c3ccccc3)n2)cc1. The predicted molar refractivity (Wildman–Crippen MR) is 207 cm³/mol. The van der Waals surface area contributed by atoms with Crippen LogP contribution in [0.25, 0.3) is 100 Å². The summed E-state index contributed by atoms with van der Waals surface area (Å²) in [6.07, 6.45) is 0. The van der Waals surface area contributed by atoms with Crippen LogP contribution in [0.3, 0.4) is 0 Å². The van der Waals surface area contributed by atoms with Crippen molar-refractivity contribution < 1.29 is 4.42 Å². The third kappa shape index (κ3) is 5.11. The normalized spacial score (nSPS) is 11.5. The molecule has 0 fully saturated rings. The molecule has 0 radical (unpaired) electrons. The Morgan fingerprint density at radius 2 is 1.08 bits per heavy atom. The number of hydrogen-bond acceptors (Lipinski definition) is 5. The molecule has 0 aliphatic rings. The van der Waals surface area contributed by atoms with Crippen LogP contribution in [0.15, 0.2) is 174 Å². The second kappa shape index (κ2) is 11.9. The number of pyridine rings is 1. The third-order valence-electron chi connectivity index (χ3n) is 9.48. The molecule has 10 aromatic rings. The van der Waals surface area contributed by atoms with Crippen molar-refractivity contribution in [3.63, 3.8) is 0 Å². The fourth-order valence-corrected chi connectivity index (χ4v) is 6.99. The maximum absolute atomic E-state index is 6.53. The fourth-order valence-electron chi connectivity index (χ4n) is 6.99. The minimum absolute atomic E-state index is 0.549. The zero-order valence-electron chi connectivity index (χ0n) is 27.4. The highest BCUT2D eigenvalue weighted by Crippen LogP contribution is 2.39. The largest absolute Gasteiger partial charge is 0.436 e. The molecule has 5 nitrogen and oxygen atoms in total. The van der Waals surface area contributed by atoms with Crippen LogP contribution >= 0.6 is 0 Å². The van der Waals surface area contributed by atoms with Gasteiger partial charge in [-0.25, -0.2) is 19.9 Å². The van der Waals surface area contributed by atoms with Gasteiger partial charge in [-0.1, -0.05) is 127 Å². The van der Waals surface area contributed by atoms with Crippen LogP contribution < -0.4 is 0 Å². The van der Waals surface area contributed by atoms with Crippen molar-refractivity contribution in [2.24, 2.45) is 0 Å². The first-order valence-corrected chi connectivity index (χ1v) is 17.0. The first-order valence-electron chi connectivity index (χ1n) is 17.0. The Morgan fingerprint density at radius 1 is 0.392 bits per heavy atom. The molecule has 238 valence electrons. The highest BCUT2D eigenvalue weighted by atomic mass is 16.3. The quantitative estimate of drug-likeness (QED) is 0.173. The summed E-state index contributed by atoms with van der Waals surface area (Å²) in [5, 5.41) is 5.49. The first-order chi connectivity index (χ1) is 25.2. The second-order valence-electron chi connectivity index (χ2n) is 12.7. The van der Waals surface area contributed by atoms with Gasteiger partial charge in [-0.3, -0.25) is 0 Å². The van der Waals surface area contributed by atoms with Gasteiger partial charge in [0.1, 0.15) is 5.52 Å². The van der Waals surface area contributed by atoms with Crippen LogP contribution in [0.4, 0.5) is 0 Å². The van der Waals surface area contributed by atoms with Gasteiger partial charge in [-0.15, -0.1) is 0 Å². The number of benzene rings is 7. The zero-order chi connectivity index (χ0) is 33.7. The summed E-state index contributed by atoms with van der Waals surface area (Å²) < 4.78 is 6.53. The number of fused-ring (bicyclic) bond motifs is 6. The van der Waals surface area contributed by atoms with Crippen molar-refractivity contribution >= 4 is 43.5 Å². The van der Waals surface area contributed by atoms with Crippen LogP contribution in [-0.4, -0.2) is 19.9 Å². The zero-order valence-corrected chi connectivity index (χ0v) is 27.4. The predicted octanol–water partition coefficient (Wildman–Crippen LogP) is 11.8. The highest BCUT2D eigenvalue weighted by molar-refractivity contribution is 6.21. The molecule has 3 heterocycles. The molecule has 0 saturated carbocycles. The summed E-state index contributed by atoms with van der Waals surface area (Å²) >= 11 is 0. The van der Waals surface area contributed by atoms with Gasteiger partial charge in [0, 0.05) is 44.0 Å². The minimum atomic E-state index is 0.549. The third-order valence-corrected chi connectivity index (χ3v) is 9.48. The van der Waals surface area contributed by atoms with E-state index in [0.29, 0.717) is 11.7 Å². The summed E-state index contributed by atoms with van der Waals surface area (Å²) in [6.45, 7) is 0. The fraction of sp³-hybridized carbons (Fsp3) is 0. The Bertz CT molecular complexity index is 2860. The average Bonchev–Trinajstić information content (AvgIpc) is 3.66. The monoisotopic (exact) mass is 652 g/mol. The van der Waals surface area contributed by atoms with Crippen LogP contribution in [0.2, 0.25) is 0 Å². The molecular formula is C46H28N4O. The van der Waals surface area contributed by atoms with Crippen LogP contribution in [0.5, 0.6) is 0 Å². The Hall–Kier alpha value is -6.98. The summed E-state index contributed by atoms with van der Waals surface area (Å²) in [5.74, 6) is 1.22. The molecule has 0 amide bonds. The van der Waals surface area contributed by atoms with Gasteiger partial charge >= 0.3 is 0 Å². The molecule has 0 spiro atoms. The van der Waals surface area contributed by atoms with E-state index in [1.165, 1.54) is 10.8 Å². The van der Waals surface area contributed by atoms with Gasteiger partial charge in [0.15, 0.2) is 11.4 Å². The lowest BCUT2D eigenvalue weighted by molar-refractivity contribution is 0.620. The van der Waals surface area contributed by atoms with Crippen LogP contribution in [0, 0.1) is 0 Å². The van der Waals surface area contributed by atoms with E-state index >= 15 is 0 Å². The minimum Gasteiger partial charge on any atom is -0.436 e. The van der Waals surface area contributed by atoms with E-state index in [1.54, 1.807) is 0 Å². The number of aromatic nitrogens is 4. The van der Waals surface area contributed by atoms with Crippen molar-refractivity contribution in [1.82, 2.24) is 19.9 Å². The highest BCUT2D eigenvalue weighted by Gasteiger charge is 2.19. The molecule has 51 heavy (non-hydrogen) atoms. The molecule has 0 unspecified atom stereocenters. The summed E-state index contributed by atoms with van der Waals surface area (Å²) in [4.78, 5) is 20.4. The molecule has 0 N–H and O–H groups in total. The van der Waals surface area contributed by atoms with Crippen molar-refractivity contribution in [2.45, 2.75) is 0 Å². The standard InChI is InChI=1S/C46H28N4O/c1-3-13-30(14-4-1)39-28-40(49-45(48-39)31-15-5-2-6-16-31)33-18-11-19-35(27-33)46-50-44-41(51-46)25-24-37-42(44)36-20-9-10-21-38(36)47-43(37)34-23-22-29-12-7-8-17-32(29)26-34/h1-28H. The molecule has 0 atom stereocenters. The van der Waals surface area contributed by atoms with E-state index in [2.05, 4.69) is 91.0 Å². The molecule has 0 bridgehead atoms. The van der Waals surface area contributed by atoms with Gasteiger partial charge in [-0.05, 0) is 53.2 Å². The van der Waals surface area contributed by atoms with Crippen molar-refractivity contribution in [3.05, 3.63) is 170 Å². The van der Waals surface area contributed by atoms with E-state index in [4.69, 9.17) is 24.4 Å². The number of oxazole rings is 1. The Balaban J connectivity index is 1.13. The van der Waals surface area contributed by atoms with Gasteiger partial charge < -0.3 is 4.42 Å². The number of hydrogen-bond donors (Lipinski definition) is 0. The molecule has 0 aliphatic carbocycles. The second-order valence-corrected chi connectivity index (χ2v) is 12.7. The molecule has 10 rings (SSSR count). The van der Waals surface area contributed by atoms with E-state index in [9.17, 15) is 0 Å². The van der Waals surface area contributed by atoms with Crippen molar-refractivity contribution in [1.29, 1.82) is 0 Å². The summed E-state index contributed by atoms with van der Waals surface area (Å²) in [7, 11) is 0. The topological polar surface area (TPSA) is 64.7 Å². The molecule has 0 aliphatic heterocycles. The van der Waals surface area contributed by atoms with E-state index in [1.807, 2.05) is 78.9 Å². The molecule has 7 aromatic carbocycles. The van der Waals surface area contributed by atoms with E-state index < -0.39 is 0 Å². The van der Waals surface area contributed by atoms with Crippen molar-refractivity contribution in [3.8, 4) is 56.6 Å². The Morgan fingerprint density at radius 3 is 1.92 bits per heavy atom. The number of nitrogens with zero attached hydrogens (tertiary/aromatic N) is 4. The molecule has 3 aromatic heterocycles. The molecule has 5 heteroatoms. The van der Waals surface area contributed by atoms with Gasteiger partial charge in [0.2, 0.25) is 5.89 Å². The lowest BCUT2D eigenvalue weighted by Gasteiger charge is -2.11. The maximum atomic E-state index is 6.53. The van der Waals surface area contributed by atoms with E-state index in [-0.39, 0.29) is 0 Å². The van der Waals surface area contributed by atoms with Gasteiger partial charge in [0.25, 0.3) is 0 Å². The Labute approximate surface area is 293 Å². The smallest absolute Gasteiger partial charge is 0.227 e. The average molecular weight is 653 g/mol. The lowest BCUT2D eigenvalue weighted by atomic mass is 9.97. The van der Waals surface area contributed by atoms with Gasteiger partial charge in [-0.2, -0.15) is 0 Å². The Kier molecular flexibility index (Phi) is 6.74. The van der Waals surface area contributed by atoms with Crippen LogP contribution in [0.1, 0.15) is 0 Å². The number of para-hydroxylation sites is 1. The maximum Gasteiger partial charge on any atom is 0.227 e.